The average molecular weight is 248 g/mol. The summed E-state index contributed by atoms with van der Waals surface area (Å²) in [4.78, 5) is 2.41. The van der Waals surface area contributed by atoms with Crippen molar-refractivity contribution >= 4 is 17.1 Å². The summed E-state index contributed by atoms with van der Waals surface area (Å²) in [5, 5.41) is 3.42. The molecule has 0 bridgehead atoms. The van der Waals surface area contributed by atoms with Crippen molar-refractivity contribution in [2.24, 2.45) is 5.92 Å². The van der Waals surface area contributed by atoms with Crippen molar-refractivity contribution in [3.63, 3.8) is 0 Å². The zero-order chi connectivity index (χ0) is 13.0. The van der Waals surface area contributed by atoms with Crippen molar-refractivity contribution < 1.29 is 0 Å². The molecule has 0 unspecified atom stereocenters. The maximum atomic E-state index is 5.78. The predicted octanol–water partition coefficient (Wildman–Crippen LogP) is 1.99. The van der Waals surface area contributed by atoms with Gasteiger partial charge in [0, 0.05) is 12.2 Å². The van der Waals surface area contributed by atoms with Gasteiger partial charge in [-0.1, -0.05) is 0 Å². The Morgan fingerprint density at radius 3 is 2.61 bits per heavy atom. The van der Waals surface area contributed by atoms with Crippen LogP contribution in [0.5, 0.6) is 0 Å². The van der Waals surface area contributed by atoms with Crippen LogP contribution >= 0.6 is 0 Å². The third kappa shape index (κ3) is 3.53. The lowest BCUT2D eigenvalue weighted by molar-refractivity contribution is 0.215. The molecule has 4 heteroatoms. The first-order valence-corrected chi connectivity index (χ1v) is 6.72. The molecule has 1 aliphatic rings. The van der Waals surface area contributed by atoms with Crippen molar-refractivity contribution in [2.75, 3.05) is 43.5 Å². The van der Waals surface area contributed by atoms with Gasteiger partial charge in [-0.15, -0.1) is 0 Å². The number of nitrogens with zero attached hydrogens (tertiary/aromatic N) is 1. The van der Waals surface area contributed by atoms with Gasteiger partial charge < -0.3 is 21.7 Å². The van der Waals surface area contributed by atoms with Crippen LogP contribution < -0.4 is 16.8 Å². The lowest BCUT2D eigenvalue weighted by Gasteiger charge is -2.29. The lowest BCUT2D eigenvalue weighted by Crippen LogP contribution is -2.30. The highest BCUT2D eigenvalue weighted by molar-refractivity contribution is 5.69. The van der Waals surface area contributed by atoms with E-state index in [0.29, 0.717) is 11.4 Å². The Morgan fingerprint density at radius 2 is 1.94 bits per heavy atom. The number of hydrogen-bond acceptors (Lipinski definition) is 4. The smallest absolute Gasteiger partial charge is 0.0568 e. The maximum absolute atomic E-state index is 5.78. The van der Waals surface area contributed by atoms with Gasteiger partial charge in [0.05, 0.1) is 11.4 Å². The number of piperidine rings is 1. The lowest BCUT2D eigenvalue weighted by atomic mass is 9.94. The Hall–Kier alpha value is -1.42. The Kier molecular flexibility index (Phi) is 4.31. The molecule has 0 spiro atoms. The zero-order valence-electron chi connectivity index (χ0n) is 11.2. The number of nitrogen functional groups attached to an aromatic ring is 2. The van der Waals surface area contributed by atoms with Gasteiger partial charge in [0.2, 0.25) is 0 Å². The van der Waals surface area contributed by atoms with Crippen LogP contribution in [0.4, 0.5) is 17.1 Å². The van der Waals surface area contributed by atoms with Gasteiger partial charge >= 0.3 is 0 Å². The fourth-order valence-corrected chi connectivity index (χ4v) is 2.46. The Labute approximate surface area is 109 Å². The van der Waals surface area contributed by atoms with E-state index in [1.165, 1.54) is 32.4 Å². The number of nitrogens with two attached hydrogens (primary N) is 2. The molecule has 1 aliphatic heterocycles. The van der Waals surface area contributed by atoms with Crippen LogP contribution in [0.1, 0.15) is 19.3 Å². The molecular formula is C14H24N4. The number of benzene rings is 1. The maximum Gasteiger partial charge on any atom is 0.0568 e. The highest BCUT2D eigenvalue weighted by atomic mass is 15.1. The monoisotopic (exact) mass is 248 g/mol. The quantitative estimate of drug-likeness (QED) is 0.713. The molecule has 1 saturated heterocycles. The summed E-state index contributed by atoms with van der Waals surface area (Å²) in [5.74, 6) is 0.861. The van der Waals surface area contributed by atoms with Crippen molar-refractivity contribution in [2.45, 2.75) is 19.3 Å². The number of anilines is 3. The highest BCUT2D eigenvalue weighted by Crippen LogP contribution is 2.22. The van der Waals surface area contributed by atoms with Gasteiger partial charge in [-0.05, 0) is 63.5 Å². The fraction of sp³-hybridized carbons (Fsp3) is 0.571. The second kappa shape index (κ2) is 5.96. The minimum Gasteiger partial charge on any atom is -0.397 e. The Bertz CT molecular complexity index is 383. The van der Waals surface area contributed by atoms with Gasteiger partial charge in [-0.2, -0.15) is 0 Å². The molecule has 4 nitrogen and oxygen atoms in total. The predicted molar refractivity (Wildman–Crippen MR) is 78.6 cm³/mol. The molecule has 1 heterocycles. The van der Waals surface area contributed by atoms with Gasteiger partial charge in [-0.3, -0.25) is 0 Å². The minimum absolute atomic E-state index is 0.649. The molecule has 0 amide bonds. The average Bonchev–Trinajstić information content (AvgIpc) is 2.36. The van der Waals surface area contributed by atoms with Crippen LogP contribution in [0, 0.1) is 5.92 Å². The summed E-state index contributed by atoms with van der Waals surface area (Å²) < 4.78 is 0. The first kappa shape index (κ1) is 13.0. The van der Waals surface area contributed by atoms with Crippen LogP contribution in [-0.4, -0.2) is 31.6 Å². The number of likely N-dealkylation sites (tertiary alicyclic amines) is 1. The van der Waals surface area contributed by atoms with Gasteiger partial charge in [-0.25, -0.2) is 0 Å². The van der Waals surface area contributed by atoms with E-state index in [4.69, 9.17) is 11.5 Å². The Balaban J connectivity index is 1.73. The van der Waals surface area contributed by atoms with E-state index in [-0.39, 0.29) is 0 Å². The zero-order valence-corrected chi connectivity index (χ0v) is 11.2. The molecule has 1 aromatic rings. The summed E-state index contributed by atoms with van der Waals surface area (Å²) in [6.07, 6.45) is 3.88. The molecule has 100 valence electrons. The summed E-state index contributed by atoms with van der Waals surface area (Å²) in [6, 6.07) is 5.75. The van der Waals surface area contributed by atoms with Crippen LogP contribution in [-0.2, 0) is 0 Å². The van der Waals surface area contributed by atoms with E-state index in [9.17, 15) is 0 Å². The topological polar surface area (TPSA) is 67.3 Å². The molecule has 0 atom stereocenters. The van der Waals surface area contributed by atoms with Crippen LogP contribution in [0.2, 0.25) is 0 Å². The van der Waals surface area contributed by atoms with Crippen molar-refractivity contribution in [3.8, 4) is 0 Å². The number of rotatable bonds is 4. The van der Waals surface area contributed by atoms with Gasteiger partial charge in [0.1, 0.15) is 0 Å². The summed E-state index contributed by atoms with van der Waals surface area (Å²) in [7, 11) is 2.20. The molecule has 1 aromatic carbocycles. The largest absolute Gasteiger partial charge is 0.397 e. The van der Waals surface area contributed by atoms with Crippen LogP contribution in [0.15, 0.2) is 18.2 Å². The molecule has 0 aromatic heterocycles. The molecule has 0 radical (unpaired) electrons. The van der Waals surface area contributed by atoms with Crippen LogP contribution in [0.3, 0.4) is 0 Å². The van der Waals surface area contributed by atoms with E-state index in [1.807, 2.05) is 18.2 Å². The standard InChI is InChI=1S/C14H24N4/c1-18-8-5-11(6-9-18)4-7-17-12-2-3-13(15)14(16)10-12/h2-3,10-11,17H,4-9,15-16H2,1H3. The van der Waals surface area contributed by atoms with Crippen LogP contribution in [0.25, 0.3) is 0 Å². The third-order valence-electron chi connectivity index (χ3n) is 3.81. The molecule has 2 rings (SSSR count). The second-order valence-electron chi connectivity index (χ2n) is 5.31. The number of hydrogen-bond donors (Lipinski definition) is 3. The highest BCUT2D eigenvalue weighted by Gasteiger charge is 2.15. The minimum atomic E-state index is 0.649. The van der Waals surface area contributed by atoms with E-state index < -0.39 is 0 Å². The summed E-state index contributed by atoms with van der Waals surface area (Å²) >= 11 is 0. The first-order chi connectivity index (χ1) is 8.65. The molecule has 1 fully saturated rings. The summed E-state index contributed by atoms with van der Waals surface area (Å²) in [6.45, 7) is 3.48. The first-order valence-electron chi connectivity index (χ1n) is 6.72. The van der Waals surface area contributed by atoms with Crippen molar-refractivity contribution in [1.82, 2.24) is 4.90 Å². The fourth-order valence-electron chi connectivity index (χ4n) is 2.46. The van der Waals surface area contributed by atoms with Gasteiger partial charge in [0.25, 0.3) is 0 Å². The molecule has 18 heavy (non-hydrogen) atoms. The van der Waals surface area contributed by atoms with E-state index >= 15 is 0 Å². The SMILES string of the molecule is CN1CCC(CCNc2ccc(N)c(N)c2)CC1. The second-order valence-corrected chi connectivity index (χ2v) is 5.31. The molecule has 5 N–H and O–H groups in total. The summed E-state index contributed by atoms with van der Waals surface area (Å²) in [5.41, 5.74) is 13.8. The number of nitrogens with one attached hydrogen (secondary N) is 1. The van der Waals surface area contributed by atoms with Crippen molar-refractivity contribution in [1.29, 1.82) is 0 Å². The normalized spacial score (nSPS) is 17.8. The third-order valence-corrected chi connectivity index (χ3v) is 3.81. The molecule has 0 saturated carbocycles. The van der Waals surface area contributed by atoms with Gasteiger partial charge in [0.15, 0.2) is 0 Å². The van der Waals surface area contributed by atoms with Crippen molar-refractivity contribution in [3.05, 3.63) is 18.2 Å². The van der Waals surface area contributed by atoms with E-state index in [2.05, 4.69) is 17.3 Å². The molecular weight excluding hydrogens is 224 g/mol. The van der Waals surface area contributed by atoms with E-state index in [1.54, 1.807) is 0 Å². The van der Waals surface area contributed by atoms with E-state index in [0.717, 1.165) is 18.2 Å². The molecule has 0 aliphatic carbocycles. The Morgan fingerprint density at radius 1 is 1.22 bits per heavy atom.